The van der Waals surface area contributed by atoms with Crippen LogP contribution in [0.15, 0.2) is 6.33 Å². The van der Waals surface area contributed by atoms with Crippen LogP contribution in [0.1, 0.15) is 104 Å². The molecule has 1 fully saturated rings. The van der Waals surface area contributed by atoms with E-state index in [0.717, 1.165) is 25.7 Å². The summed E-state index contributed by atoms with van der Waals surface area (Å²) in [5.74, 6) is 1.63. The van der Waals surface area contributed by atoms with E-state index in [-0.39, 0.29) is 42.9 Å². The lowest BCUT2D eigenvalue weighted by Gasteiger charge is -2.28. The van der Waals surface area contributed by atoms with Gasteiger partial charge >= 0.3 is 18.0 Å². The molecule has 2 N–H and O–H groups in total. The molecule has 3 heterocycles. The number of nitrogen functional groups attached to an aromatic ring is 1. The minimum Gasteiger partial charge on any atom is -0.461 e. The Balaban J connectivity index is 1.69. The third kappa shape index (κ3) is 8.12. The van der Waals surface area contributed by atoms with Crippen molar-refractivity contribution in [2.45, 2.75) is 115 Å². The summed E-state index contributed by atoms with van der Waals surface area (Å²) in [4.78, 5) is 36.5. The number of imidazole rings is 1. The molecule has 1 aliphatic rings. The summed E-state index contributed by atoms with van der Waals surface area (Å²) in [5.41, 5.74) is 4.58. The summed E-state index contributed by atoms with van der Waals surface area (Å²) in [7, 11) is 0. The normalized spacial score (nSPS) is 20.7. The lowest BCUT2D eigenvalue weighted by atomic mass is 9.98. The Hall–Kier alpha value is -3.26. The Morgan fingerprint density at radius 2 is 1.77 bits per heavy atom. The zero-order valence-electron chi connectivity index (χ0n) is 23.0. The molecular formula is C28H40FN5O5. The predicted molar refractivity (Wildman–Crippen MR) is 144 cm³/mol. The molecule has 39 heavy (non-hydrogen) atoms. The highest BCUT2D eigenvalue weighted by atomic mass is 19.1. The maximum absolute atomic E-state index is 13.9. The minimum atomic E-state index is -1.53. The molecule has 1 saturated heterocycles. The van der Waals surface area contributed by atoms with E-state index >= 15 is 0 Å². The minimum absolute atomic E-state index is 0.113. The molecule has 0 saturated carbocycles. The number of nitrogens with two attached hydrogens (primary N) is 1. The maximum Gasteiger partial charge on any atom is 0.312 e. The molecule has 1 aliphatic heterocycles. The first kappa shape index (κ1) is 30.3. The van der Waals surface area contributed by atoms with Crippen molar-refractivity contribution in [3.63, 3.8) is 0 Å². The van der Waals surface area contributed by atoms with Crippen LogP contribution in [-0.2, 0) is 23.8 Å². The van der Waals surface area contributed by atoms with Gasteiger partial charge < -0.3 is 19.9 Å². The molecule has 0 radical (unpaired) electrons. The van der Waals surface area contributed by atoms with Crippen LogP contribution < -0.4 is 5.73 Å². The van der Waals surface area contributed by atoms with Gasteiger partial charge in [0, 0.05) is 19.3 Å². The third-order valence-corrected chi connectivity index (χ3v) is 6.95. The Morgan fingerprint density at radius 3 is 2.46 bits per heavy atom. The van der Waals surface area contributed by atoms with Crippen molar-refractivity contribution in [2.75, 3.05) is 12.3 Å². The highest BCUT2D eigenvalue weighted by Crippen LogP contribution is 2.40. The molecule has 214 valence electrons. The van der Waals surface area contributed by atoms with Gasteiger partial charge in [-0.3, -0.25) is 14.2 Å². The Labute approximate surface area is 229 Å². The average molecular weight is 546 g/mol. The summed E-state index contributed by atoms with van der Waals surface area (Å²) in [5, 5.41) is 0. The van der Waals surface area contributed by atoms with E-state index in [4.69, 9.17) is 26.4 Å². The van der Waals surface area contributed by atoms with E-state index in [2.05, 4.69) is 27.8 Å². The number of fused-ring (bicyclic) bond motifs is 1. The molecule has 1 unspecified atom stereocenters. The van der Waals surface area contributed by atoms with Gasteiger partial charge in [-0.15, -0.1) is 6.42 Å². The lowest BCUT2D eigenvalue weighted by Crippen LogP contribution is -2.45. The van der Waals surface area contributed by atoms with E-state index in [1.807, 2.05) is 6.92 Å². The van der Waals surface area contributed by atoms with Crippen molar-refractivity contribution < 1.29 is 28.2 Å². The van der Waals surface area contributed by atoms with Crippen LogP contribution >= 0.6 is 0 Å². The number of hydrogen-bond acceptors (Lipinski definition) is 9. The number of ether oxygens (including phenoxy) is 3. The fraction of sp³-hybridized carbons (Fsp3) is 0.679. The van der Waals surface area contributed by atoms with Gasteiger partial charge in [-0.05, 0) is 12.8 Å². The zero-order chi connectivity index (χ0) is 28.3. The van der Waals surface area contributed by atoms with Gasteiger partial charge in [0.25, 0.3) is 0 Å². The Bertz CT molecular complexity index is 1150. The maximum atomic E-state index is 13.9. The number of esters is 2. The van der Waals surface area contributed by atoms with Crippen LogP contribution in [0.25, 0.3) is 11.2 Å². The molecule has 0 bridgehead atoms. The number of carbonyl (C=O) groups excluding carboxylic acids is 2. The van der Waals surface area contributed by atoms with Crippen molar-refractivity contribution in [1.29, 1.82) is 0 Å². The number of aromatic nitrogens is 4. The SMILES string of the molecule is C#C[C@]1(COC(=O)CCCC)OC(n2cnc3c(N)nc(F)nc32)C[C@@H]1OC(=O)CCCCCCCCCC. The van der Waals surface area contributed by atoms with Crippen LogP contribution in [0.5, 0.6) is 0 Å². The van der Waals surface area contributed by atoms with Crippen LogP contribution in [0.3, 0.4) is 0 Å². The van der Waals surface area contributed by atoms with Crippen LogP contribution in [0.2, 0.25) is 0 Å². The summed E-state index contributed by atoms with van der Waals surface area (Å²) < 4.78 is 32.9. The van der Waals surface area contributed by atoms with Crippen molar-refractivity contribution >= 4 is 28.9 Å². The van der Waals surface area contributed by atoms with E-state index in [1.54, 1.807) is 0 Å². The lowest BCUT2D eigenvalue weighted by molar-refractivity contribution is -0.166. The highest BCUT2D eigenvalue weighted by molar-refractivity contribution is 5.81. The first-order chi connectivity index (χ1) is 18.8. The fourth-order valence-corrected chi connectivity index (χ4v) is 4.67. The molecule has 10 nitrogen and oxygen atoms in total. The van der Waals surface area contributed by atoms with Crippen molar-refractivity contribution in [3.05, 3.63) is 12.4 Å². The molecule has 3 rings (SSSR count). The molecule has 11 heteroatoms. The summed E-state index contributed by atoms with van der Waals surface area (Å²) in [6.07, 6.45) is 15.5. The van der Waals surface area contributed by atoms with Crippen molar-refractivity contribution in [3.8, 4) is 12.3 Å². The van der Waals surface area contributed by atoms with Gasteiger partial charge in [0.1, 0.15) is 18.9 Å². The number of hydrogen-bond donors (Lipinski definition) is 1. The Morgan fingerprint density at radius 1 is 1.10 bits per heavy atom. The first-order valence-electron chi connectivity index (χ1n) is 14.0. The van der Waals surface area contributed by atoms with E-state index in [1.165, 1.54) is 36.6 Å². The van der Waals surface area contributed by atoms with Crippen molar-refractivity contribution in [1.82, 2.24) is 19.5 Å². The van der Waals surface area contributed by atoms with Gasteiger partial charge in [-0.1, -0.05) is 71.1 Å². The summed E-state index contributed by atoms with van der Waals surface area (Å²) >= 11 is 0. The average Bonchev–Trinajstić information content (AvgIpc) is 3.49. The molecule has 0 spiro atoms. The van der Waals surface area contributed by atoms with Gasteiger partial charge in [0.05, 0.1) is 6.33 Å². The van der Waals surface area contributed by atoms with Gasteiger partial charge in [-0.25, -0.2) is 4.98 Å². The van der Waals surface area contributed by atoms with Gasteiger partial charge in [0.2, 0.25) is 5.60 Å². The summed E-state index contributed by atoms with van der Waals surface area (Å²) in [6, 6.07) is 0. The van der Waals surface area contributed by atoms with Crippen molar-refractivity contribution in [2.24, 2.45) is 0 Å². The van der Waals surface area contributed by atoms with E-state index in [9.17, 15) is 14.0 Å². The first-order valence-corrected chi connectivity index (χ1v) is 14.0. The predicted octanol–water partition coefficient (Wildman–Crippen LogP) is 5.01. The molecule has 3 atom stereocenters. The number of halogens is 1. The third-order valence-electron chi connectivity index (χ3n) is 6.95. The van der Waals surface area contributed by atoms with Crippen LogP contribution in [0.4, 0.5) is 10.2 Å². The molecular weight excluding hydrogens is 505 g/mol. The number of carbonyl (C=O) groups is 2. The standard InChI is InChI=1S/C28H40FN5O5/c1-4-7-9-10-11-12-13-14-16-23(36)38-20-17-21(34-19-31-24-25(30)32-27(29)33-26(24)34)39-28(20,6-3)18-37-22(35)15-8-5-2/h3,19-21H,4-5,7-18H2,1-2H3,(H2,30,32,33)/t20-,21?,28+/m0/s1. The number of nitrogens with zero attached hydrogens (tertiary/aromatic N) is 4. The van der Waals surface area contributed by atoms with Crippen LogP contribution in [-0.4, -0.2) is 49.8 Å². The topological polar surface area (TPSA) is 131 Å². The number of unbranched alkanes of at least 4 members (excludes halogenated alkanes) is 8. The number of anilines is 1. The van der Waals surface area contributed by atoms with Crippen LogP contribution in [0, 0.1) is 18.4 Å². The number of terminal acetylenes is 1. The van der Waals surface area contributed by atoms with E-state index in [0.29, 0.717) is 12.8 Å². The quantitative estimate of drug-likeness (QED) is 0.134. The smallest absolute Gasteiger partial charge is 0.312 e. The van der Waals surface area contributed by atoms with Gasteiger partial charge in [0.15, 0.2) is 17.0 Å². The molecule has 0 amide bonds. The largest absolute Gasteiger partial charge is 0.461 e. The fourth-order valence-electron chi connectivity index (χ4n) is 4.67. The monoisotopic (exact) mass is 545 g/mol. The molecule has 2 aromatic heterocycles. The van der Waals surface area contributed by atoms with Gasteiger partial charge in [-0.2, -0.15) is 14.4 Å². The molecule has 0 aromatic carbocycles. The highest BCUT2D eigenvalue weighted by Gasteiger charge is 2.52. The zero-order valence-corrected chi connectivity index (χ0v) is 23.0. The second-order valence-corrected chi connectivity index (χ2v) is 10.0. The molecule has 2 aromatic rings. The second kappa shape index (κ2) is 14.8. The number of rotatable bonds is 16. The summed E-state index contributed by atoms with van der Waals surface area (Å²) in [6.45, 7) is 3.87. The van der Waals surface area contributed by atoms with E-state index < -0.39 is 35.9 Å². The second-order valence-electron chi connectivity index (χ2n) is 10.0. The Kier molecular flexibility index (Phi) is 11.5. The molecule has 0 aliphatic carbocycles.